The first-order valence-electron chi connectivity index (χ1n) is 9.83. The lowest BCUT2D eigenvalue weighted by molar-refractivity contribution is -0.152. The summed E-state index contributed by atoms with van der Waals surface area (Å²) in [5.41, 5.74) is 0.792. The van der Waals surface area contributed by atoms with Crippen LogP contribution < -0.4 is 4.74 Å². The Kier molecular flexibility index (Phi) is 7.49. The number of methoxy groups -OCH3 is 1. The van der Waals surface area contributed by atoms with Gasteiger partial charge in [-0.2, -0.15) is 0 Å². The van der Waals surface area contributed by atoms with Crippen LogP contribution in [0, 0.1) is 0 Å². The van der Waals surface area contributed by atoms with Gasteiger partial charge < -0.3 is 14.7 Å². The Hall–Kier alpha value is -2.39. The van der Waals surface area contributed by atoms with Crippen molar-refractivity contribution in [1.29, 1.82) is 0 Å². The molecule has 160 valence electrons. The lowest BCUT2D eigenvalue weighted by atomic mass is 10.0. The van der Waals surface area contributed by atoms with E-state index in [0.29, 0.717) is 40.9 Å². The molecule has 1 aromatic rings. The van der Waals surface area contributed by atoms with E-state index in [4.69, 9.17) is 17.0 Å². The summed E-state index contributed by atoms with van der Waals surface area (Å²) in [6, 6.07) is 6.66. The fourth-order valence-corrected chi connectivity index (χ4v) is 4.94. The normalized spacial score (nSPS) is 20.7. The van der Waals surface area contributed by atoms with Crippen molar-refractivity contribution in [2.24, 2.45) is 0 Å². The largest absolute Gasteiger partial charge is 0.496 e. The number of rotatable bonds is 7. The van der Waals surface area contributed by atoms with Crippen LogP contribution in [-0.4, -0.2) is 63.3 Å². The van der Waals surface area contributed by atoms with Gasteiger partial charge in [0.1, 0.15) is 16.1 Å². The number of amides is 2. The van der Waals surface area contributed by atoms with Crippen LogP contribution in [0.4, 0.5) is 0 Å². The topological polar surface area (TPSA) is 87.2 Å². The number of piperidine rings is 1. The fourth-order valence-electron chi connectivity index (χ4n) is 3.64. The molecule has 1 N–H and O–H groups in total. The molecule has 0 saturated carbocycles. The zero-order valence-electron chi connectivity index (χ0n) is 16.7. The molecule has 30 heavy (non-hydrogen) atoms. The van der Waals surface area contributed by atoms with Crippen molar-refractivity contribution in [2.75, 3.05) is 20.2 Å². The Labute approximate surface area is 185 Å². The highest BCUT2D eigenvalue weighted by molar-refractivity contribution is 8.26. The predicted octanol–water partition coefficient (Wildman–Crippen LogP) is 3.14. The first-order chi connectivity index (χ1) is 14.4. The van der Waals surface area contributed by atoms with Crippen LogP contribution in [0.25, 0.3) is 6.08 Å². The molecule has 0 radical (unpaired) electrons. The number of carbonyl (C=O) groups is 3. The molecule has 1 aromatic carbocycles. The third kappa shape index (κ3) is 5.02. The molecular weight excluding hydrogens is 424 g/mol. The molecule has 7 nitrogen and oxygen atoms in total. The number of carboxylic acids is 1. The van der Waals surface area contributed by atoms with Gasteiger partial charge in [-0.05, 0) is 37.8 Å². The minimum Gasteiger partial charge on any atom is -0.496 e. The molecule has 0 spiro atoms. The molecule has 9 heteroatoms. The Balaban J connectivity index is 1.59. The number of thioether (sulfide) groups is 1. The molecule has 2 fully saturated rings. The highest BCUT2D eigenvalue weighted by Crippen LogP contribution is 2.34. The smallest absolute Gasteiger partial charge is 0.326 e. The maximum Gasteiger partial charge on any atom is 0.326 e. The molecule has 2 aliphatic rings. The Morgan fingerprint density at radius 3 is 2.83 bits per heavy atom. The van der Waals surface area contributed by atoms with Gasteiger partial charge in [-0.15, -0.1) is 0 Å². The van der Waals surface area contributed by atoms with Crippen molar-refractivity contribution >= 4 is 52.2 Å². The van der Waals surface area contributed by atoms with Gasteiger partial charge in [-0.25, -0.2) is 4.79 Å². The summed E-state index contributed by atoms with van der Waals surface area (Å²) in [4.78, 5) is 40.2. The van der Waals surface area contributed by atoms with Crippen LogP contribution in [0.15, 0.2) is 29.2 Å². The van der Waals surface area contributed by atoms with Gasteiger partial charge in [0, 0.05) is 25.1 Å². The van der Waals surface area contributed by atoms with Crippen LogP contribution in [-0.2, 0) is 14.4 Å². The lowest BCUT2D eigenvalue weighted by Crippen LogP contribution is -2.48. The van der Waals surface area contributed by atoms with E-state index in [2.05, 4.69) is 0 Å². The zero-order chi connectivity index (χ0) is 21.7. The highest BCUT2D eigenvalue weighted by Gasteiger charge is 2.34. The number of hydrogen-bond acceptors (Lipinski definition) is 6. The summed E-state index contributed by atoms with van der Waals surface area (Å²) in [6.45, 7) is 0.795. The van der Waals surface area contributed by atoms with Crippen molar-refractivity contribution < 1.29 is 24.2 Å². The van der Waals surface area contributed by atoms with Crippen LogP contribution in [0.5, 0.6) is 5.75 Å². The van der Waals surface area contributed by atoms with Gasteiger partial charge in [-0.1, -0.05) is 42.2 Å². The van der Waals surface area contributed by atoms with E-state index >= 15 is 0 Å². The quantitative estimate of drug-likeness (QED) is 0.506. The van der Waals surface area contributed by atoms with Crippen molar-refractivity contribution in [2.45, 2.75) is 38.1 Å². The standard InChI is InChI=1S/C21H24N2O5S2/c1-28-16-9-3-2-7-14(16)13-17-19(25)23(21(29)30-17)12-6-10-18(24)22-11-5-4-8-15(22)20(26)27/h2-3,7,9,13,15H,4-6,8,10-12H2,1H3,(H,26,27)/b17-13-. The number of thiocarbonyl (C=S) groups is 1. The number of likely N-dealkylation sites (tertiary alicyclic amines) is 1. The number of benzene rings is 1. The third-order valence-corrected chi connectivity index (χ3v) is 6.56. The minimum absolute atomic E-state index is 0.183. The van der Waals surface area contributed by atoms with Gasteiger partial charge in [-0.3, -0.25) is 14.5 Å². The van der Waals surface area contributed by atoms with Gasteiger partial charge in [0.25, 0.3) is 5.91 Å². The van der Waals surface area contributed by atoms with Crippen molar-refractivity contribution in [3.8, 4) is 5.75 Å². The van der Waals surface area contributed by atoms with Crippen LogP contribution >= 0.6 is 24.0 Å². The fraction of sp³-hybridized carbons (Fsp3) is 0.429. The molecule has 3 rings (SSSR count). The molecule has 0 aromatic heterocycles. The lowest BCUT2D eigenvalue weighted by Gasteiger charge is -2.33. The number of para-hydroxylation sites is 1. The maximum absolute atomic E-state index is 12.8. The Morgan fingerprint density at radius 2 is 2.10 bits per heavy atom. The van der Waals surface area contributed by atoms with Gasteiger partial charge in [0.15, 0.2) is 0 Å². The third-order valence-electron chi connectivity index (χ3n) is 5.18. The summed E-state index contributed by atoms with van der Waals surface area (Å²) in [6.07, 6.45) is 4.49. The van der Waals surface area contributed by atoms with E-state index in [0.717, 1.165) is 18.4 Å². The first-order valence-corrected chi connectivity index (χ1v) is 11.1. The maximum atomic E-state index is 12.8. The first kappa shape index (κ1) is 22.3. The van der Waals surface area contributed by atoms with E-state index < -0.39 is 12.0 Å². The van der Waals surface area contributed by atoms with E-state index in [1.54, 1.807) is 13.2 Å². The van der Waals surface area contributed by atoms with Crippen molar-refractivity contribution in [3.05, 3.63) is 34.7 Å². The number of hydrogen-bond donors (Lipinski definition) is 1. The zero-order valence-corrected chi connectivity index (χ0v) is 18.3. The monoisotopic (exact) mass is 448 g/mol. The highest BCUT2D eigenvalue weighted by atomic mass is 32.2. The molecule has 2 aliphatic heterocycles. The summed E-state index contributed by atoms with van der Waals surface area (Å²) in [7, 11) is 1.58. The summed E-state index contributed by atoms with van der Waals surface area (Å²) >= 11 is 6.58. The molecule has 2 saturated heterocycles. The molecule has 2 heterocycles. The number of aliphatic carboxylic acids is 1. The number of carboxylic acid groups (broad SMARTS) is 1. The second-order valence-corrected chi connectivity index (χ2v) is 8.79. The van der Waals surface area contributed by atoms with Gasteiger partial charge in [0.2, 0.25) is 5.91 Å². The summed E-state index contributed by atoms with van der Waals surface area (Å²) in [5.74, 6) is -0.661. The second-order valence-electron chi connectivity index (χ2n) is 7.12. The summed E-state index contributed by atoms with van der Waals surface area (Å²) in [5, 5.41) is 9.33. The average Bonchev–Trinajstić information content (AvgIpc) is 3.01. The molecule has 0 aliphatic carbocycles. The minimum atomic E-state index is -0.957. The van der Waals surface area contributed by atoms with Crippen LogP contribution in [0.2, 0.25) is 0 Å². The Morgan fingerprint density at radius 1 is 1.33 bits per heavy atom. The molecule has 1 atom stereocenters. The molecule has 1 unspecified atom stereocenters. The van der Waals surface area contributed by atoms with Crippen LogP contribution in [0.3, 0.4) is 0 Å². The summed E-state index contributed by atoms with van der Waals surface area (Å²) < 4.78 is 5.78. The van der Waals surface area contributed by atoms with E-state index in [1.807, 2.05) is 24.3 Å². The second kappa shape index (κ2) is 10.1. The van der Waals surface area contributed by atoms with Crippen molar-refractivity contribution in [3.63, 3.8) is 0 Å². The van der Waals surface area contributed by atoms with E-state index in [1.165, 1.54) is 21.6 Å². The molecular formula is C21H24N2O5S2. The van der Waals surface area contributed by atoms with Crippen LogP contribution in [0.1, 0.15) is 37.7 Å². The van der Waals surface area contributed by atoms with Gasteiger partial charge >= 0.3 is 5.97 Å². The SMILES string of the molecule is COc1ccccc1/C=C1\SC(=S)N(CCCC(=O)N2CCCCC2C(=O)O)C1=O. The number of ether oxygens (including phenoxy) is 1. The predicted molar refractivity (Wildman–Crippen MR) is 119 cm³/mol. The molecule has 0 bridgehead atoms. The van der Waals surface area contributed by atoms with E-state index in [-0.39, 0.29) is 18.2 Å². The average molecular weight is 449 g/mol. The number of carbonyl (C=O) groups excluding carboxylic acids is 2. The Bertz CT molecular complexity index is 886. The number of nitrogens with zero attached hydrogens (tertiary/aromatic N) is 2. The molecule has 2 amide bonds. The van der Waals surface area contributed by atoms with Gasteiger partial charge in [0.05, 0.1) is 12.0 Å². The van der Waals surface area contributed by atoms with Crippen molar-refractivity contribution in [1.82, 2.24) is 9.80 Å². The van der Waals surface area contributed by atoms with E-state index in [9.17, 15) is 19.5 Å².